The molecule has 0 radical (unpaired) electrons. The molecule has 2 aromatic rings. The van der Waals surface area contributed by atoms with Gasteiger partial charge >= 0.3 is 6.09 Å². The van der Waals surface area contributed by atoms with Crippen molar-refractivity contribution in [2.75, 3.05) is 25.1 Å². The highest BCUT2D eigenvalue weighted by Crippen LogP contribution is 2.24. The van der Waals surface area contributed by atoms with Gasteiger partial charge in [-0.3, -0.25) is 0 Å². The zero-order chi connectivity index (χ0) is 23.8. The fourth-order valence-corrected chi connectivity index (χ4v) is 4.96. The second-order valence-electron chi connectivity index (χ2n) is 9.18. The molecule has 34 heavy (non-hydrogen) atoms. The maximum atomic E-state index is 12.5. The summed E-state index contributed by atoms with van der Waals surface area (Å²) >= 11 is 0. The monoisotopic (exact) mass is 462 g/mol. The lowest BCUT2D eigenvalue weighted by Crippen LogP contribution is -2.57. The van der Waals surface area contributed by atoms with Gasteiger partial charge in [0.1, 0.15) is 12.4 Å². The Morgan fingerprint density at radius 1 is 1.03 bits per heavy atom. The number of anilines is 1. The lowest BCUT2D eigenvalue weighted by atomic mass is 9.89. The van der Waals surface area contributed by atoms with E-state index in [2.05, 4.69) is 21.6 Å². The molecule has 180 valence electrons. The van der Waals surface area contributed by atoms with Crippen LogP contribution in [-0.4, -0.2) is 44.4 Å². The number of nitrogens with one attached hydrogen (secondary N) is 2. The second-order valence-corrected chi connectivity index (χ2v) is 9.18. The van der Waals surface area contributed by atoms with Crippen LogP contribution in [0.15, 0.2) is 48.5 Å². The largest absolute Gasteiger partial charge is 0.497 e. The van der Waals surface area contributed by atoms with Gasteiger partial charge in [0.05, 0.1) is 18.7 Å². The molecule has 3 unspecified atom stereocenters. The highest BCUT2D eigenvalue weighted by molar-refractivity contribution is 5.67. The maximum Gasteiger partial charge on any atom is 0.407 e. The van der Waals surface area contributed by atoms with Crippen molar-refractivity contribution in [3.63, 3.8) is 0 Å². The lowest BCUT2D eigenvalue weighted by Gasteiger charge is -2.40. The Balaban J connectivity index is 1.28. The molecule has 2 fully saturated rings. The predicted molar refractivity (Wildman–Crippen MR) is 132 cm³/mol. The summed E-state index contributed by atoms with van der Waals surface area (Å²) in [6.07, 6.45) is 6.17. The van der Waals surface area contributed by atoms with Crippen LogP contribution in [-0.2, 0) is 11.3 Å². The Morgan fingerprint density at radius 3 is 2.47 bits per heavy atom. The van der Waals surface area contributed by atoms with E-state index in [9.17, 15) is 4.79 Å². The van der Waals surface area contributed by atoms with E-state index in [0.29, 0.717) is 11.6 Å². The number of nitrogens with zero attached hydrogens (tertiary/aromatic N) is 2. The van der Waals surface area contributed by atoms with Crippen molar-refractivity contribution >= 4 is 11.8 Å². The molecular weight excluding hydrogens is 428 g/mol. The molecule has 4 rings (SSSR count). The number of carbonyl (C=O) groups excluding carboxylic acids is 1. The van der Waals surface area contributed by atoms with Crippen molar-refractivity contribution in [3.05, 3.63) is 59.7 Å². The van der Waals surface area contributed by atoms with Crippen molar-refractivity contribution in [2.45, 2.75) is 63.3 Å². The molecule has 1 aliphatic heterocycles. The molecular formula is C27H34N4O3. The number of piperidine rings is 1. The number of hydrogen-bond donors (Lipinski definition) is 2. The maximum absolute atomic E-state index is 12.5. The van der Waals surface area contributed by atoms with Gasteiger partial charge in [-0.05, 0) is 67.6 Å². The van der Waals surface area contributed by atoms with Gasteiger partial charge in [0, 0.05) is 36.9 Å². The van der Waals surface area contributed by atoms with Gasteiger partial charge in [0.15, 0.2) is 0 Å². The average Bonchev–Trinajstić information content (AvgIpc) is 2.89. The van der Waals surface area contributed by atoms with E-state index in [4.69, 9.17) is 14.7 Å². The van der Waals surface area contributed by atoms with E-state index in [-0.39, 0.29) is 24.8 Å². The van der Waals surface area contributed by atoms with Crippen LogP contribution in [0.3, 0.4) is 0 Å². The fourth-order valence-electron chi connectivity index (χ4n) is 4.96. The van der Waals surface area contributed by atoms with E-state index < -0.39 is 0 Å². The number of methoxy groups -OCH3 is 1. The Labute approximate surface area is 202 Å². The quantitative estimate of drug-likeness (QED) is 0.636. The number of ether oxygens (including phenoxy) is 2. The van der Waals surface area contributed by atoms with Crippen LogP contribution in [0.4, 0.5) is 10.5 Å². The summed E-state index contributed by atoms with van der Waals surface area (Å²) < 4.78 is 10.7. The van der Waals surface area contributed by atoms with Crippen LogP contribution in [0.2, 0.25) is 0 Å². The molecule has 3 atom stereocenters. The minimum absolute atomic E-state index is 0.0717. The van der Waals surface area contributed by atoms with Crippen molar-refractivity contribution in [1.29, 1.82) is 5.26 Å². The van der Waals surface area contributed by atoms with E-state index in [0.717, 1.165) is 62.2 Å². The summed E-state index contributed by atoms with van der Waals surface area (Å²) in [5.74, 6) is 0.782. The number of alkyl carbamates (subject to hydrolysis) is 1. The lowest BCUT2D eigenvalue weighted by molar-refractivity contribution is 0.128. The first-order chi connectivity index (χ1) is 16.6. The first-order valence-corrected chi connectivity index (χ1v) is 12.2. The third-order valence-corrected chi connectivity index (χ3v) is 6.83. The number of amides is 1. The molecule has 7 heteroatoms. The molecule has 1 saturated heterocycles. The van der Waals surface area contributed by atoms with Gasteiger partial charge in [-0.25, -0.2) is 4.79 Å². The highest BCUT2D eigenvalue weighted by atomic mass is 16.5. The van der Waals surface area contributed by atoms with E-state index in [1.54, 1.807) is 7.11 Å². The van der Waals surface area contributed by atoms with Gasteiger partial charge in [-0.1, -0.05) is 25.0 Å². The Bertz CT molecular complexity index is 971. The zero-order valence-electron chi connectivity index (χ0n) is 19.8. The van der Waals surface area contributed by atoms with Crippen LogP contribution in [0.1, 0.15) is 49.7 Å². The molecule has 1 amide bonds. The van der Waals surface area contributed by atoms with E-state index >= 15 is 0 Å². The number of nitriles is 1. The van der Waals surface area contributed by atoms with Gasteiger partial charge in [-0.15, -0.1) is 0 Å². The molecule has 2 aromatic carbocycles. The summed E-state index contributed by atoms with van der Waals surface area (Å²) in [5, 5.41) is 16.0. The third kappa shape index (κ3) is 6.42. The van der Waals surface area contributed by atoms with Crippen molar-refractivity contribution < 1.29 is 14.3 Å². The summed E-state index contributed by atoms with van der Waals surface area (Å²) in [6, 6.07) is 18.2. The fraction of sp³-hybridized carbons (Fsp3) is 0.481. The average molecular weight is 463 g/mol. The minimum atomic E-state index is -0.364. The SMILES string of the molecule is COc1ccc(COC(=O)NC2CCCCC2NC2CCCN(c3ccc(C#N)cc3)C2)cc1. The normalized spacial score (nSPS) is 22.5. The molecule has 0 aromatic heterocycles. The molecule has 2 aliphatic rings. The third-order valence-electron chi connectivity index (χ3n) is 6.83. The van der Waals surface area contributed by atoms with E-state index in [1.807, 2.05) is 48.5 Å². The summed E-state index contributed by atoms with van der Waals surface area (Å²) in [4.78, 5) is 14.9. The van der Waals surface area contributed by atoms with Gasteiger partial charge in [-0.2, -0.15) is 5.26 Å². The molecule has 2 N–H and O–H groups in total. The van der Waals surface area contributed by atoms with Crippen molar-refractivity contribution in [2.24, 2.45) is 0 Å². The number of carbonyl (C=O) groups is 1. The molecule has 1 aliphatic carbocycles. The van der Waals surface area contributed by atoms with Crippen molar-refractivity contribution in [1.82, 2.24) is 10.6 Å². The first kappa shape index (κ1) is 23.9. The van der Waals surface area contributed by atoms with Crippen LogP contribution in [0.25, 0.3) is 0 Å². The number of benzene rings is 2. The minimum Gasteiger partial charge on any atom is -0.497 e. The van der Waals surface area contributed by atoms with Crippen LogP contribution in [0, 0.1) is 11.3 Å². The molecule has 1 heterocycles. The van der Waals surface area contributed by atoms with Gasteiger partial charge in [0.2, 0.25) is 0 Å². The Kier molecular flexibility index (Phi) is 8.26. The second kappa shape index (κ2) is 11.8. The van der Waals surface area contributed by atoms with Gasteiger partial charge in [0.25, 0.3) is 0 Å². The molecule has 1 saturated carbocycles. The predicted octanol–water partition coefficient (Wildman–Crippen LogP) is 4.36. The molecule has 0 bridgehead atoms. The summed E-state index contributed by atoms with van der Waals surface area (Å²) in [7, 11) is 1.63. The Morgan fingerprint density at radius 2 is 1.76 bits per heavy atom. The van der Waals surface area contributed by atoms with Crippen LogP contribution >= 0.6 is 0 Å². The number of rotatable bonds is 7. The van der Waals surface area contributed by atoms with Crippen LogP contribution in [0.5, 0.6) is 5.75 Å². The summed E-state index contributed by atoms with van der Waals surface area (Å²) in [5.41, 5.74) is 2.77. The smallest absolute Gasteiger partial charge is 0.407 e. The standard InChI is InChI=1S/C27H34N4O3/c1-33-24-14-10-21(11-15-24)19-34-27(32)30-26-7-3-2-6-25(26)29-22-5-4-16-31(18-22)23-12-8-20(17-28)9-13-23/h8-15,22,25-26,29H,2-7,16,18-19H2,1H3,(H,30,32). The van der Waals surface area contributed by atoms with Crippen molar-refractivity contribution in [3.8, 4) is 11.8 Å². The summed E-state index contributed by atoms with van der Waals surface area (Å²) in [6.45, 7) is 2.19. The molecule has 0 spiro atoms. The first-order valence-electron chi connectivity index (χ1n) is 12.2. The topological polar surface area (TPSA) is 86.6 Å². The van der Waals surface area contributed by atoms with E-state index in [1.165, 1.54) is 6.42 Å². The highest BCUT2D eigenvalue weighted by Gasteiger charge is 2.30. The zero-order valence-corrected chi connectivity index (χ0v) is 19.8. The van der Waals surface area contributed by atoms with Gasteiger partial charge < -0.3 is 25.0 Å². The molecule has 7 nitrogen and oxygen atoms in total. The van der Waals surface area contributed by atoms with Crippen LogP contribution < -0.4 is 20.3 Å². The Hall–Kier alpha value is -3.24. The number of hydrogen-bond acceptors (Lipinski definition) is 6.